The zero-order valence-corrected chi connectivity index (χ0v) is 16.2. The minimum atomic E-state index is -0.473. The molecule has 3 aliphatic rings. The number of pyridine rings is 1. The Morgan fingerprint density at radius 1 is 1.38 bits per heavy atom. The van der Waals surface area contributed by atoms with E-state index in [0.717, 1.165) is 24.2 Å². The second kappa shape index (κ2) is 6.42. The van der Waals surface area contributed by atoms with Crippen LogP contribution in [0.2, 0.25) is 0 Å². The van der Waals surface area contributed by atoms with E-state index in [1.54, 1.807) is 39.3 Å². The van der Waals surface area contributed by atoms with Crippen LogP contribution in [0, 0.1) is 0 Å². The largest absolute Gasteiger partial charge is 0.317 e. The van der Waals surface area contributed by atoms with Gasteiger partial charge in [0, 0.05) is 45.5 Å². The highest BCUT2D eigenvalue weighted by molar-refractivity contribution is 14.1. The molecule has 1 aromatic rings. The van der Waals surface area contributed by atoms with Crippen LogP contribution in [0.4, 0.5) is 0 Å². The number of carbonyl (C=O) groups excluding carboxylic acids is 2. The number of fused-ring (bicyclic) bond motifs is 2. The van der Waals surface area contributed by atoms with Crippen LogP contribution in [0.15, 0.2) is 29.7 Å². The van der Waals surface area contributed by atoms with Crippen molar-refractivity contribution < 1.29 is 14.2 Å². The van der Waals surface area contributed by atoms with E-state index in [2.05, 4.69) is 23.0 Å². The molecule has 126 valence electrons. The summed E-state index contributed by atoms with van der Waals surface area (Å²) in [6.45, 7) is 0.649. The summed E-state index contributed by atoms with van der Waals surface area (Å²) in [5, 5.41) is -0.0801. The SMILES string of the molecule is NC1C(=O)N2C(C(=O)I)=C(C[n+]3ccc4c(c3)CCCC4)CS[C@H]12. The van der Waals surface area contributed by atoms with E-state index >= 15 is 0 Å². The molecule has 0 aromatic carbocycles. The Balaban J connectivity index is 1.65. The number of aryl methyl sites for hydroxylation is 2. The molecule has 24 heavy (non-hydrogen) atoms. The van der Waals surface area contributed by atoms with Crippen LogP contribution in [-0.4, -0.2) is 31.8 Å². The highest BCUT2D eigenvalue weighted by atomic mass is 127. The van der Waals surface area contributed by atoms with E-state index in [1.807, 2.05) is 0 Å². The van der Waals surface area contributed by atoms with Gasteiger partial charge in [-0.2, -0.15) is 0 Å². The number of halogens is 1. The summed E-state index contributed by atoms with van der Waals surface area (Å²) in [7, 11) is 0. The summed E-state index contributed by atoms with van der Waals surface area (Å²) in [5.74, 6) is 0.608. The number of rotatable bonds is 3. The maximum absolute atomic E-state index is 12.1. The van der Waals surface area contributed by atoms with Crippen molar-refractivity contribution in [2.45, 2.75) is 43.6 Å². The normalized spacial score (nSPS) is 25.9. The van der Waals surface area contributed by atoms with Crippen LogP contribution in [0.3, 0.4) is 0 Å². The first-order chi connectivity index (χ1) is 11.6. The fourth-order valence-corrected chi connectivity index (χ4v) is 5.64. The van der Waals surface area contributed by atoms with Crippen LogP contribution in [0.25, 0.3) is 0 Å². The molecule has 5 nitrogen and oxygen atoms in total. The summed E-state index contributed by atoms with van der Waals surface area (Å²) in [4.78, 5) is 25.8. The summed E-state index contributed by atoms with van der Waals surface area (Å²) < 4.78 is 2.07. The Labute approximate surface area is 158 Å². The molecule has 1 amide bonds. The second-order valence-electron chi connectivity index (χ2n) is 6.54. The number of carbonyl (C=O) groups is 2. The summed E-state index contributed by atoms with van der Waals surface area (Å²) in [6, 6.07) is 1.73. The van der Waals surface area contributed by atoms with Gasteiger partial charge in [-0.25, -0.2) is 4.57 Å². The molecule has 4 rings (SSSR count). The lowest BCUT2D eigenvalue weighted by molar-refractivity contribution is -0.689. The van der Waals surface area contributed by atoms with E-state index in [9.17, 15) is 9.59 Å². The number of aromatic nitrogens is 1. The van der Waals surface area contributed by atoms with Gasteiger partial charge in [-0.15, -0.1) is 11.8 Å². The molecule has 1 aromatic heterocycles. The van der Waals surface area contributed by atoms with Gasteiger partial charge in [-0.1, -0.05) is 0 Å². The van der Waals surface area contributed by atoms with Crippen LogP contribution in [0.1, 0.15) is 24.0 Å². The molecule has 2 aliphatic heterocycles. The highest BCUT2D eigenvalue weighted by Crippen LogP contribution is 2.40. The van der Waals surface area contributed by atoms with Crippen molar-refractivity contribution in [2.24, 2.45) is 5.73 Å². The number of hydrogen-bond acceptors (Lipinski definition) is 4. The van der Waals surface area contributed by atoms with Gasteiger partial charge in [-0.05, 0) is 31.2 Å². The van der Waals surface area contributed by atoms with Crippen molar-refractivity contribution in [3.8, 4) is 0 Å². The first kappa shape index (κ1) is 16.5. The molecular formula is C17H19IN3O2S+. The number of thioether (sulfide) groups is 1. The highest BCUT2D eigenvalue weighted by Gasteiger charge is 2.51. The molecule has 2 atom stereocenters. The molecule has 1 aliphatic carbocycles. The Morgan fingerprint density at radius 3 is 2.88 bits per heavy atom. The molecular weight excluding hydrogens is 437 g/mol. The predicted molar refractivity (Wildman–Crippen MR) is 100 cm³/mol. The van der Waals surface area contributed by atoms with Crippen molar-refractivity contribution in [3.05, 3.63) is 40.9 Å². The standard InChI is InChI=1S/C17H19IN3O2S/c18-15(22)14-12(9-24-17-13(19)16(23)21(14)17)8-20-6-5-10-3-1-2-4-11(10)7-20/h5-7,13,17H,1-4,8-9,19H2/q+1/t13?,17-/m1/s1. The molecule has 0 spiro atoms. The van der Waals surface area contributed by atoms with Crippen LogP contribution in [0.5, 0.6) is 0 Å². The summed E-state index contributed by atoms with van der Waals surface area (Å²) >= 11 is 3.44. The van der Waals surface area contributed by atoms with E-state index in [4.69, 9.17) is 5.73 Å². The Kier molecular flexibility index (Phi) is 4.42. The number of nitrogens with two attached hydrogens (primary N) is 1. The van der Waals surface area contributed by atoms with E-state index in [-0.39, 0.29) is 15.1 Å². The van der Waals surface area contributed by atoms with Crippen molar-refractivity contribution >= 4 is 44.0 Å². The van der Waals surface area contributed by atoms with Crippen molar-refractivity contribution in [3.63, 3.8) is 0 Å². The number of hydrogen-bond donors (Lipinski definition) is 1. The van der Waals surface area contributed by atoms with E-state index in [1.165, 1.54) is 24.0 Å². The van der Waals surface area contributed by atoms with Gasteiger partial charge in [0.1, 0.15) is 17.1 Å². The molecule has 0 saturated carbocycles. The second-order valence-corrected chi connectivity index (χ2v) is 8.62. The van der Waals surface area contributed by atoms with E-state index < -0.39 is 6.04 Å². The summed E-state index contributed by atoms with van der Waals surface area (Å²) in [5.41, 5.74) is 10.3. The quantitative estimate of drug-likeness (QED) is 0.323. The molecule has 0 radical (unpaired) electrons. The molecule has 1 fully saturated rings. The molecule has 1 saturated heterocycles. The average molecular weight is 456 g/mol. The van der Waals surface area contributed by atoms with Crippen LogP contribution in [-0.2, 0) is 29.0 Å². The zero-order chi connectivity index (χ0) is 16.8. The Bertz CT molecular complexity index is 764. The Hall–Kier alpha value is -0.930. The molecule has 3 heterocycles. The third kappa shape index (κ3) is 2.70. The number of β-lactam (4-membered cyclic amide) rings is 1. The minimum Gasteiger partial charge on any atom is -0.317 e. The minimum absolute atomic E-state index is 0.0771. The summed E-state index contributed by atoms with van der Waals surface area (Å²) in [6.07, 6.45) is 9.10. The van der Waals surface area contributed by atoms with Crippen molar-refractivity contribution in [1.82, 2.24) is 4.90 Å². The fraction of sp³-hybridized carbons (Fsp3) is 0.471. The third-order valence-electron chi connectivity index (χ3n) is 4.99. The van der Waals surface area contributed by atoms with Gasteiger partial charge in [0.15, 0.2) is 18.9 Å². The van der Waals surface area contributed by atoms with Gasteiger partial charge in [0.2, 0.25) is 9.70 Å². The smallest absolute Gasteiger partial charge is 0.248 e. The van der Waals surface area contributed by atoms with Gasteiger partial charge < -0.3 is 5.73 Å². The molecule has 1 unspecified atom stereocenters. The van der Waals surface area contributed by atoms with Crippen LogP contribution >= 0.6 is 34.4 Å². The lowest BCUT2D eigenvalue weighted by Gasteiger charge is -2.48. The maximum Gasteiger partial charge on any atom is 0.248 e. The maximum atomic E-state index is 12.1. The molecule has 0 bridgehead atoms. The van der Waals surface area contributed by atoms with Crippen LogP contribution < -0.4 is 10.3 Å². The third-order valence-corrected chi connectivity index (χ3v) is 6.86. The zero-order valence-electron chi connectivity index (χ0n) is 13.2. The molecule has 7 heteroatoms. The fourth-order valence-electron chi connectivity index (χ4n) is 3.72. The topological polar surface area (TPSA) is 67.3 Å². The van der Waals surface area contributed by atoms with Gasteiger partial charge >= 0.3 is 0 Å². The van der Waals surface area contributed by atoms with Gasteiger partial charge in [-0.3, -0.25) is 14.5 Å². The first-order valence-corrected chi connectivity index (χ1v) is 10.3. The monoisotopic (exact) mass is 456 g/mol. The number of allylic oxidation sites excluding steroid dienone is 1. The average Bonchev–Trinajstić information content (AvgIpc) is 2.60. The Morgan fingerprint density at radius 2 is 2.12 bits per heavy atom. The predicted octanol–water partition coefficient (Wildman–Crippen LogP) is 1.31. The van der Waals surface area contributed by atoms with E-state index in [0.29, 0.717) is 12.2 Å². The van der Waals surface area contributed by atoms with Crippen molar-refractivity contribution in [1.29, 1.82) is 0 Å². The number of amides is 1. The first-order valence-electron chi connectivity index (χ1n) is 8.19. The van der Waals surface area contributed by atoms with Gasteiger partial charge in [0.25, 0.3) is 0 Å². The lowest BCUT2D eigenvalue weighted by atomic mass is 9.93. The number of nitrogens with zero attached hydrogens (tertiary/aromatic N) is 2. The molecule has 2 N–H and O–H groups in total. The van der Waals surface area contributed by atoms with Gasteiger partial charge in [0.05, 0.1) is 0 Å². The van der Waals surface area contributed by atoms with Crippen molar-refractivity contribution in [2.75, 3.05) is 5.75 Å². The lowest BCUT2D eigenvalue weighted by Crippen LogP contribution is -2.68.